The standard InChI is InChI=1S/C21H20N6O/c1-28-16-11-9-15(10-12-16)27-19(22)17-18(13-5-3-2-4-6-13)24-21(23-14-7-8-14)25-20(17)26-27/h2-6,9-12,14H,7-8,22H2,1H3,(H,23,25,26). The van der Waals surface area contributed by atoms with Crippen LogP contribution in [-0.2, 0) is 0 Å². The molecule has 0 bridgehead atoms. The maximum absolute atomic E-state index is 6.51. The fourth-order valence-electron chi connectivity index (χ4n) is 3.21. The average molecular weight is 372 g/mol. The highest BCUT2D eigenvalue weighted by Crippen LogP contribution is 2.34. The number of benzene rings is 2. The van der Waals surface area contributed by atoms with Crippen molar-refractivity contribution >= 4 is 22.8 Å². The Labute approximate surface area is 162 Å². The smallest absolute Gasteiger partial charge is 0.225 e. The number of methoxy groups -OCH3 is 1. The molecule has 2 aromatic carbocycles. The molecule has 140 valence electrons. The van der Waals surface area contributed by atoms with Crippen molar-refractivity contribution in [1.29, 1.82) is 0 Å². The van der Waals surface area contributed by atoms with Crippen LogP contribution < -0.4 is 15.8 Å². The van der Waals surface area contributed by atoms with Gasteiger partial charge in [-0.05, 0) is 37.1 Å². The topological polar surface area (TPSA) is 90.9 Å². The predicted molar refractivity (Wildman–Crippen MR) is 110 cm³/mol. The summed E-state index contributed by atoms with van der Waals surface area (Å²) in [5.41, 5.74) is 9.69. The monoisotopic (exact) mass is 372 g/mol. The molecule has 1 saturated carbocycles. The van der Waals surface area contributed by atoms with E-state index >= 15 is 0 Å². The van der Waals surface area contributed by atoms with Gasteiger partial charge < -0.3 is 15.8 Å². The number of rotatable bonds is 5. The summed E-state index contributed by atoms with van der Waals surface area (Å²) in [4.78, 5) is 9.39. The molecule has 0 amide bonds. The highest BCUT2D eigenvalue weighted by Gasteiger charge is 2.24. The molecule has 0 unspecified atom stereocenters. The number of fused-ring (bicyclic) bond motifs is 1. The van der Waals surface area contributed by atoms with Gasteiger partial charge in [0.2, 0.25) is 5.95 Å². The number of ether oxygens (including phenoxy) is 1. The maximum Gasteiger partial charge on any atom is 0.225 e. The molecular weight excluding hydrogens is 352 g/mol. The lowest BCUT2D eigenvalue weighted by atomic mass is 10.1. The SMILES string of the molecule is COc1ccc(-n2nc3nc(NC4CC4)nc(-c4ccccc4)c3c2N)cc1. The summed E-state index contributed by atoms with van der Waals surface area (Å²) in [6.07, 6.45) is 2.29. The molecule has 7 nitrogen and oxygen atoms in total. The van der Waals surface area contributed by atoms with Crippen molar-refractivity contribution in [2.45, 2.75) is 18.9 Å². The van der Waals surface area contributed by atoms with Gasteiger partial charge in [-0.3, -0.25) is 0 Å². The quantitative estimate of drug-likeness (QED) is 0.556. The van der Waals surface area contributed by atoms with E-state index in [1.165, 1.54) is 0 Å². The molecule has 2 heterocycles. The van der Waals surface area contributed by atoms with Crippen LogP contribution in [0.5, 0.6) is 5.75 Å². The molecule has 0 spiro atoms. The molecule has 5 rings (SSSR count). The summed E-state index contributed by atoms with van der Waals surface area (Å²) in [5.74, 6) is 1.88. The van der Waals surface area contributed by atoms with Crippen LogP contribution in [0.3, 0.4) is 0 Å². The second-order valence-corrected chi connectivity index (χ2v) is 6.87. The number of nitrogens with two attached hydrogens (primary N) is 1. The molecule has 3 N–H and O–H groups in total. The first-order chi connectivity index (χ1) is 13.7. The summed E-state index contributed by atoms with van der Waals surface area (Å²) in [5, 5.41) is 8.80. The number of nitrogens with one attached hydrogen (secondary N) is 1. The Bertz CT molecular complexity index is 1130. The second kappa shape index (κ2) is 6.53. The summed E-state index contributed by atoms with van der Waals surface area (Å²) in [7, 11) is 1.64. The number of nitrogens with zero attached hydrogens (tertiary/aromatic N) is 4. The van der Waals surface area contributed by atoms with Gasteiger partial charge in [-0.25, -0.2) is 9.67 Å². The van der Waals surface area contributed by atoms with Crippen LogP contribution in [0.25, 0.3) is 28.0 Å². The van der Waals surface area contributed by atoms with Gasteiger partial charge in [-0.1, -0.05) is 30.3 Å². The van der Waals surface area contributed by atoms with Crippen LogP contribution >= 0.6 is 0 Å². The first-order valence-electron chi connectivity index (χ1n) is 9.25. The van der Waals surface area contributed by atoms with Crippen LogP contribution in [0.2, 0.25) is 0 Å². The van der Waals surface area contributed by atoms with Gasteiger partial charge >= 0.3 is 0 Å². The van der Waals surface area contributed by atoms with Crippen molar-refractivity contribution < 1.29 is 4.74 Å². The molecule has 0 saturated heterocycles. The molecule has 1 aliphatic carbocycles. The van der Waals surface area contributed by atoms with E-state index in [1.54, 1.807) is 11.8 Å². The van der Waals surface area contributed by atoms with Crippen molar-refractivity contribution in [1.82, 2.24) is 19.7 Å². The number of nitrogen functional groups attached to an aromatic ring is 1. The Morgan fingerprint density at radius 2 is 1.79 bits per heavy atom. The minimum absolute atomic E-state index is 0.446. The van der Waals surface area contributed by atoms with E-state index < -0.39 is 0 Å². The van der Waals surface area contributed by atoms with E-state index in [-0.39, 0.29) is 0 Å². The molecule has 2 aromatic heterocycles. The predicted octanol–water partition coefficient (Wildman–Crippen LogP) is 3.65. The molecule has 0 atom stereocenters. The molecule has 7 heteroatoms. The lowest BCUT2D eigenvalue weighted by molar-refractivity contribution is 0.414. The highest BCUT2D eigenvalue weighted by atomic mass is 16.5. The van der Waals surface area contributed by atoms with Gasteiger partial charge in [0.25, 0.3) is 0 Å². The summed E-state index contributed by atoms with van der Waals surface area (Å²) in [6, 6.07) is 18.0. The van der Waals surface area contributed by atoms with Crippen molar-refractivity contribution in [2.75, 3.05) is 18.2 Å². The minimum Gasteiger partial charge on any atom is -0.497 e. The molecule has 4 aromatic rings. The van der Waals surface area contributed by atoms with Crippen molar-refractivity contribution in [3.63, 3.8) is 0 Å². The van der Waals surface area contributed by atoms with E-state index in [9.17, 15) is 0 Å². The maximum atomic E-state index is 6.51. The largest absolute Gasteiger partial charge is 0.497 e. The third-order valence-electron chi connectivity index (χ3n) is 4.84. The van der Waals surface area contributed by atoms with Gasteiger partial charge in [0.05, 0.1) is 23.9 Å². The Morgan fingerprint density at radius 1 is 1.04 bits per heavy atom. The zero-order chi connectivity index (χ0) is 19.1. The fraction of sp³-hybridized carbons (Fsp3) is 0.190. The average Bonchev–Trinajstić information content (AvgIpc) is 3.49. The van der Waals surface area contributed by atoms with E-state index in [0.29, 0.717) is 23.5 Å². The van der Waals surface area contributed by atoms with E-state index in [2.05, 4.69) is 15.4 Å². The third kappa shape index (κ3) is 2.90. The normalized spacial score (nSPS) is 13.6. The number of hydrogen-bond acceptors (Lipinski definition) is 6. The van der Waals surface area contributed by atoms with Crippen molar-refractivity contribution in [2.24, 2.45) is 0 Å². The van der Waals surface area contributed by atoms with Crippen molar-refractivity contribution in [3.8, 4) is 22.7 Å². The highest BCUT2D eigenvalue weighted by molar-refractivity contribution is 5.99. The molecule has 28 heavy (non-hydrogen) atoms. The van der Waals surface area contributed by atoms with Crippen LogP contribution in [0.1, 0.15) is 12.8 Å². The number of anilines is 2. The summed E-state index contributed by atoms with van der Waals surface area (Å²) < 4.78 is 6.94. The Kier molecular flexibility index (Phi) is 3.86. The van der Waals surface area contributed by atoms with Gasteiger partial charge in [-0.15, -0.1) is 5.10 Å². The van der Waals surface area contributed by atoms with E-state index in [1.807, 2.05) is 54.6 Å². The third-order valence-corrected chi connectivity index (χ3v) is 4.84. The zero-order valence-corrected chi connectivity index (χ0v) is 15.5. The first kappa shape index (κ1) is 16.6. The zero-order valence-electron chi connectivity index (χ0n) is 15.5. The Morgan fingerprint density at radius 3 is 2.46 bits per heavy atom. The molecule has 0 aliphatic heterocycles. The summed E-state index contributed by atoms with van der Waals surface area (Å²) >= 11 is 0. The Hall–Kier alpha value is -3.61. The number of aromatic nitrogens is 4. The minimum atomic E-state index is 0.446. The summed E-state index contributed by atoms with van der Waals surface area (Å²) in [6.45, 7) is 0. The second-order valence-electron chi connectivity index (χ2n) is 6.87. The van der Waals surface area contributed by atoms with Crippen LogP contribution in [-0.4, -0.2) is 32.9 Å². The van der Waals surface area contributed by atoms with Gasteiger partial charge in [0, 0.05) is 11.6 Å². The molecule has 1 aliphatic rings. The number of hydrogen-bond donors (Lipinski definition) is 2. The van der Waals surface area contributed by atoms with Crippen LogP contribution in [0.15, 0.2) is 54.6 Å². The van der Waals surface area contributed by atoms with E-state index in [4.69, 9.17) is 15.5 Å². The van der Waals surface area contributed by atoms with Gasteiger partial charge in [0.1, 0.15) is 11.6 Å². The van der Waals surface area contributed by atoms with Crippen molar-refractivity contribution in [3.05, 3.63) is 54.6 Å². The van der Waals surface area contributed by atoms with E-state index in [0.717, 1.165) is 40.9 Å². The van der Waals surface area contributed by atoms with Gasteiger partial charge in [-0.2, -0.15) is 4.98 Å². The Balaban J connectivity index is 1.70. The molecule has 0 radical (unpaired) electrons. The first-order valence-corrected chi connectivity index (χ1v) is 9.25. The van der Waals surface area contributed by atoms with Crippen LogP contribution in [0, 0.1) is 0 Å². The fourth-order valence-corrected chi connectivity index (χ4v) is 3.21. The lowest BCUT2D eigenvalue weighted by Crippen LogP contribution is -2.06. The van der Waals surface area contributed by atoms with Crippen LogP contribution in [0.4, 0.5) is 11.8 Å². The lowest BCUT2D eigenvalue weighted by Gasteiger charge is -2.08. The molecule has 1 fully saturated rings. The molecular formula is C21H20N6O. The van der Waals surface area contributed by atoms with Gasteiger partial charge in [0.15, 0.2) is 5.65 Å².